The van der Waals surface area contributed by atoms with Crippen molar-refractivity contribution in [3.05, 3.63) is 0 Å². The van der Waals surface area contributed by atoms with Crippen molar-refractivity contribution in [3.8, 4) is 0 Å². The third-order valence-electron chi connectivity index (χ3n) is 2.83. The van der Waals surface area contributed by atoms with Crippen molar-refractivity contribution in [2.45, 2.75) is 25.4 Å². The lowest BCUT2D eigenvalue weighted by atomic mass is 10.1. The summed E-state index contributed by atoms with van der Waals surface area (Å²) in [6.45, 7) is 6.98. The molecule has 12 heavy (non-hydrogen) atoms. The number of ether oxygens (including phenoxy) is 2. The van der Waals surface area contributed by atoms with E-state index in [9.17, 15) is 0 Å². The number of rotatable bonds is 2. The maximum atomic E-state index is 5.44. The smallest absolute Gasteiger partial charge is 0.0645 e. The van der Waals surface area contributed by atoms with Gasteiger partial charge in [-0.1, -0.05) is 6.92 Å². The van der Waals surface area contributed by atoms with E-state index in [1.54, 1.807) is 0 Å². The minimum atomic E-state index is 0.632. The van der Waals surface area contributed by atoms with Gasteiger partial charge in [-0.3, -0.25) is 4.90 Å². The topological polar surface area (TPSA) is 21.7 Å². The van der Waals surface area contributed by atoms with Gasteiger partial charge in [0, 0.05) is 12.6 Å². The Bertz CT molecular complexity index is 147. The van der Waals surface area contributed by atoms with Gasteiger partial charge in [0.15, 0.2) is 0 Å². The average molecular weight is 171 g/mol. The Morgan fingerprint density at radius 1 is 1.25 bits per heavy atom. The first-order valence-corrected chi connectivity index (χ1v) is 4.83. The maximum Gasteiger partial charge on any atom is 0.0645 e. The van der Waals surface area contributed by atoms with Crippen LogP contribution in [0.25, 0.3) is 0 Å². The lowest BCUT2D eigenvalue weighted by Gasteiger charge is -2.44. The normalized spacial score (nSPS) is 33.2. The molecular weight excluding hydrogens is 154 g/mol. The minimum Gasteiger partial charge on any atom is -0.378 e. The van der Waals surface area contributed by atoms with Crippen LogP contribution in [0.15, 0.2) is 0 Å². The van der Waals surface area contributed by atoms with E-state index in [0.29, 0.717) is 12.1 Å². The minimum absolute atomic E-state index is 0.632. The molecule has 0 aromatic carbocycles. The lowest BCUT2D eigenvalue weighted by Crippen LogP contribution is -2.57. The van der Waals surface area contributed by atoms with Crippen molar-refractivity contribution in [3.63, 3.8) is 0 Å². The molecule has 1 atom stereocenters. The largest absolute Gasteiger partial charge is 0.378 e. The van der Waals surface area contributed by atoms with Gasteiger partial charge >= 0.3 is 0 Å². The van der Waals surface area contributed by atoms with Gasteiger partial charge in [-0.15, -0.1) is 0 Å². The van der Waals surface area contributed by atoms with E-state index >= 15 is 0 Å². The average Bonchev–Trinajstić information content (AvgIpc) is 2.02. The summed E-state index contributed by atoms with van der Waals surface area (Å²) in [7, 11) is 0. The van der Waals surface area contributed by atoms with Crippen LogP contribution < -0.4 is 0 Å². The highest BCUT2D eigenvalue weighted by atomic mass is 16.5. The van der Waals surface area contributed by atoms with Gasteiger partial charge < -0.3 is 9.47 Å². The molecule has 2 fully saturated rings. The van der Waals surface area contributed by atoms with E-state index < -0.39 is 0 Å². The number of hydrogen-bond acceptors (Lipinski definition) is 3. The van der Waals surface area contributed by atoms with Gasteiger partial charge in [0.2, 0.25) is 0 Å². The molecule has 0 amide bonds. The van der Waals surface area contributed by atoms with Crippen LogP contribution >= 0.6 is 0 Å². The Hall–Kier alpha value is -0.120. The van der Waals surface area contributed by atoms with Gasteiger partial charge in [0.05, 0.1) is 32.5 Å². The highest BCUT2D eigenvalue weighted by Crippen LogP contribution is 2.18. The van der Waals surface area contributed by atoms with E-state index in [1.165, 1.54) is 6.42 Å². The first-order valence-electron chi connectivity index (χ1n) is 4.83. The molecule has 0 radical (unpaired) electrons. The second-order valence-electron chi connectivity index (χ2n) is 3.57. The van der Waals surface area contributed by atoms with Crippen molar-refractivity contribution in [2.24, 2.45) is 0 Å². The summed E-state index contributed by atoms with van der Waals surface area (Å²) in [5, 5.41) is 0. The van der Waals surface area contributed by atoms with Crippen LogP contribution in [0, 0.1) is 0 Å². The van der Waals surface area contributed by atoms with Crippen LogP contribution in [0.1, 0.15) is 13.3 Å². The van der Waals surface area contributed by atoms with Gasteiger partial charge in [0.1, 0.15) is 0 Å². The van der Waals surface area contributed by atoms with E-state index in [1.807, 2.05) is 0 Å². The molecule has 2 rings (SSSR count). The fourth-order valence-corrected chi connectivity index (χ4v) is 1.92. The summed E-state index contributed by atoms with van der Waals surface area (Å²) < 4.78 is 10.6. The molecule has 2 heterocycles. The van der Waals surface area contributed by atoms with Crippen LogP contribution in [0.2, 0.25) is 0 Å². The fourth-order valence-electron chi connectivity index (χ4n) is 1.92. The molecule has 0 N–H and O–H groups in total. The third kappa shape index (κ3) is 1.49. The van der Waals surface area contributed by atoms with Crippen molar-refractivity contribution in [2.75, 3.05) is 33.0 Å². The van der Waals surface area contributed by atoms with E-state index in [2.05, 4.69) is 11.8 Å². The molecule has 2 aliphatic rings. The molecule has 2 aliphatic heterocycles. The summed E-state index contributed by atoms with van der Waals surface area (Å²) >= 11 is 0. The SMILES string of the molecule is CCC1COCCN1C1COC1. The molecule has 0 saturated carbocycles. The van der Waals surface area contributed by atoms with Gasteiger partial charge in [-0.05, 0) is 6.42 Å². The standard InChI is InChI=1S/C9H17NO2/c1-2-8-5-11-4-3-10(8)9-6-12-7-9/h8-9H,2-7H2,1H3. The molecule has 2 saturated heterocycles. The quantitative estimate of drug-likeness (QED) is 0.604. The summed E-state index contributed by atoms with van der Waals surface area (Å²) in [5.74, 6) is 0. The van der Waals surface area contributed by atoms with Crippen molar-refractivity contribution < 1.29 is 9.47 Å². The molecule has 3 heteroatoms. The maximum absolute atomic E-state index is 5.44. The van der Waals surface area contributed by atoms with Gasteiger partial charge in [-0.2, -0.15) is 0 Å². The highest BCUT2D eigenvalue weighted by molar-refractivity contribution is 4.84. The lowest BCUT2D eigenvalue weighted by molar-refractivity contribution is -0.117. The second kappa shape index (κ2) is 3.73. The third-order valence-corrected chi connectivity index (χ3v) is 2.83. The van der Waals surface area contributed by atoms with Crippen molar-refractivity contribution >= 4 is 0 Å². The zero-order valence-corrected chi connectivity index (χ0v) is 7.66. The molecule has 1 unspecified atom stereocenters. The Morgan fingerprint density at radius 2 is 2.08 bits per heavy atom. The highest BCUT2D eigenvalue weighted by Gasteiger charge is 2.32. The molecule has 3 nitrogen and oxygen atoms in total. The molecule has 0 spiro atoms. The number of hydrogen-bond donors (Lipinski definition) is 0. The van der Waals surface area contributed by atoms with E-state index in [-0.39, 0.29) is 0 Å². The molecule has 0 bridgehead atoms. The summed E-state index contributed by atoms with van der Waals surface area (Å²) in [6.07, 6.45) is 1.19. The summed E-state index contributed by atoms with van der Waals surface area (Å²) in [4.78, 5) is 2.55. The molecule has 0 aromatic rings. The Morgan fingerprint density at radius 3 is 2.67 bits per heavy atom. The van der Waals surface area contributed by atoms with Crippen LogP contribution in [-0.2, 0) is 9.47 Å². The second-order valence-corrected chi connectivity index (χ2v) is 3.57. The van der Waals surface area contributed by atoms with Crippen molar-refractivity contribution in [1.29, 1.82) is 0 Å². The number of nitrogens with zero attached hydrogens (tertiary/aromatic N) is 1. The van der Waals surface area contributed by atoms with Crippen LogP contribution in [0.3, 0.4) is 0 Å². The fraction of sp³-hybridized carbons (Fsp3) is 1.00. The Kier molecular flexibility index (Phi) is 2.63. The zero-order chi connectivity index (χ0) is 8.39. The molecular formula is C9H17NO2. The Labute approximate surface area is 73.6 Å². The summed E-state index contributed by atoms with van der Waals surface area (Å²) in [5.41, 5.74) is 0. The molecule has 0 aromatic heterocycles. The first kappa shape index (κ1) is 8.48. The number of morpholine rings is 1. The zero-order valence-electron chi connectivity index (χ0n) is 7.66. The molecule has 0 aliphatic carbocycles. The van der Waals surface area contributed by atoms with Gasteiger partial charge in [0.25, 0.3) is 0 Å². The Balaban J connectivity index is 1.90. The molecule has 70 valence electrons. The van der Waals surface area contributed by atoms with Crippen molar-refractivity contribution in [1.82, 2.24) is 4.90 Å². The van der Waals surface area contributed by atoms with Crippen LogP contribution in [0.5, 0.6) is 0 Å². The van der Waals surface area contributed by atoms with Crippen LogP contribution in [0.4, 0.5) is 0 Å². The van der Waals surface area contributed by atoms with E-state index in [4.69, 9.17) is 9.47 Å². The monoisotopic (exact) mass is 171 g/mol. The van der Waals surface area contributed by atoms with E-state index in [0.717, 1.165) is 33.0 Å². The summed E-state index contributed by atoms with van der Waals surface area (Å²) in [6, 6.07) is 1.31. The predicted octanol–water partition coefficient (Wildman–Crippen LogP) is 0.496. The predicted molar refractivity (Wildman–Crippen MR) is 46.2 cm³/mol. The van der Waals surface area contributed by atoms with Crippen LogP contribution in [-0.4, -0.2) is 50.0 Å². The first-order chi connectivity index (χ1) is 5.92. The van der Waals surface area contributed by atoms with Gasteiger partial charge in [-0.25, -0.2) is 0 Å².